The lowest BCUT2D eigenvalue weighted by Gasteiger charge is -2.14. The molecule has 6 heteroatoms. The van der Waals surface area contributed by atoms with Crippen molar-refractivity contribution in [2.24, 2.45) is 7.05 Å². The van der Waals surface area contributed by atoms with Crippen molar-refractivity contribution in [3.63, 3.8) is 0 Å². The summed E-state index contributed by atoms with van der Waals surface area (Å²) < 4.78 is 5.95. The zero-order valence-electron chi connectivity index (χ0n) is 11.8. The number of aromatic nitrogens is 4. The van der Waals surface area contributed by atoms with Crippen LogP contribution in [-0.4, -0.2) is 26.4 Å². The molecule has 2 rings (SSSR count). The molecule has 0 saturated carbocycles. The maximum absolute atomic E-state index is 4.25. The number of aryl methyl sites for hydroxylation is 3. The second-order valence-corrected chi connectivity index (χ2v) is 5.52. The fraction of sp³-hybridized carbons (Fsp3) is 0.615. The van der Waals surface area contributed by atoms with Crippen molar-refractivity contribution in [3.05, 3.63) is 28.5 Å². The normalized spacial score (nSPS) is 12.8. The Morgan fingerprint density at radius 3 is 2.89 bits per heavy atom. The fourth-order valence-electron chi connectivity index (χ4n) is 2.21. The Labute approximate surface area is 118 Å². The van der Waals surface area contributed by atoms with Crippen molar-refractivity contribution in [2.75, 3.05) is 7.05 Å². The monoisotopic (exact) mass is 279 g/mol. The molecular weight excluding hydrogens is 258 g/mol. The van der Waals surface area contributed by atoms with Gasteiger partial charge >= 0.3 is 0 Å². The number of hydrogen-bond donors (Lipinski definition) is 1. The van der Waals surface area contributed by atoms with Gasteiger partial charge in [0.25, 0.3) is 0 Å². The summed E-state index contributed by atoms with van der Waals surface area (Å²) in [5, 5.41) is 11.8. The van der Waals surface area contributed by atoms with Crippen LogP contribution >= 0.6 is 11.5 Å². The van der Waals surface area contributed by atoms with Gasteiger partial charge in [-0.05, 0) is 43.4 Å². The minimum Gasteiger partial charge on any atom is -0.312 e. The highest BCUT2D eigenvalue weighted by molar-refractivity contribution is 7.05. The lowest BCUT2D eigenvalue weighted by atomic mass is 10.0. The van der Waals surface area contributed by atoms with E-state index in [1.807, 2.05) is 25.0 Å². The average Bonchev–Trinajstić information content (AvgIpc) is 3.01. The summed E-state index contributed by atoms with van der Waals surface area (Å²) in [7, 11) is 3.95. The maximum atomic E-state index is 4.25. The van der Waals surface area contributed by atoms with Gasteiger partial charge in [0.2, 0.25) is 0 Å². The Morgan fingerprint density at radius 1 is 1.42 bits per heavy atom. The van der Waals surface area contributed by atoms with Gasteiger partial charge in [-0.1, -0.05) is 17.8 Å². The van der Waals surface area contributed by atoms with Crippen LogP contribution in [0.2, 0.25) is 0 Å². The van der Waals surface area contributed by atoms with Crippen LogP contribution in [0.3, 0.4) is 0 Å². The molecule has 0 spiro atoms. The molecule has 2 heterocycles. The molecule has 0 fully saturated rings. The summed E-state index contributed by atoms with van der Waals surface area (Å²) in [5.74, 6) is 0. The second kappa shape index (κ2) is 6.77. The van der Waals surface area contributed by atoms with Crippen molar-refractivity contribution in [3.8, 4) is 0 Å². The quantitative estimate of drug-likeness (QED) is 0.843. The second-order valence-electron chi connectivity index (χ2n) is 4.74. The molecule has 0 aliphatic rings. The zero-order valence-corrected chi connectivity index (χ0v) is 12.6. The molecule has 0 aliphatic carbocycles. The fourth-order valence-corrected chi connectivity index (χ4v) is 3.05. The Morgan fingerprint density at radius 2 is 2.26 bits per heavy atom. The molecule has 1 N–H and O–H groups in total. The van der Waals surface area contributed by atoms with Gasteiger partial charge in [0.15, 0.2) is 0 Å². The number of hydrogen-bond acceptors (Lipinski definition) is 5. The molecule has 0 bridgehead atoms. The summed E-state index contributed by atoms with van der Waals surface area (Å²) in [6, 6.07) is 0.335. The van der Waals surface area contributed by atoms with Crippen molar-refractivity contribution >= 4 is 11.5 Å². The van der Waals surface area contributed by atoms with E-state index in [0.29, 0.717) is 6.04 Å². The minimum absolute atomic E-state index is 0.335. The van der Waals surface area contributed by atoms with E-state index in [1.165, 1.54) is 22.0 Å². The Bertz CT molecular complexity index is 505. The van der Waals surface area contributed by atoms with Gasteiger partial charge in [-0.3, -0.25) is 4.68 Å². The van der Waals surface area contributed by atoms with Gasteiger partial charge in [0, 0.05) is 19.3 Å². The predicted octanol–water partition coefficient (Wildman–Crippen LogP) is 2.12. The van der Waals surface area contributed by atoms with Crippen LogP contribution in [0.5, 0.6) is 0 Å². The molecule has 1 atom stereocenters. The van der Waals surface area contributed by atoms with Crippen LogP contribution < -0.4 is 5.32 Å². The summed E-state index contributed by atoms with van der Waals surface area (Å²) >= 11 is 1.52. The Balaban J connectivity index is 2.01. The lowest BCUT2D eigenvalue weighted by molar-refractivity contribution is 0.551. The lowest BCUT2D eigenvalue weighted by Crippen LogP contribution is -2.17. The summed E-state index contributed by atoms with van der Waals surface area (Å²) in [6.45, 7) is 2.17. The average molecular weight is 279 g/mol. The Kier molecular flexibility index (Phi) is 5.04. The third-order valence-electron chi connectivity index (χ3n) is 3.22. The van der Waals surface area contributed by atoms with Crippen LogP contribution in [0, 0.1) is 0 Å². The molecule has 2 aromatic heterocycles. The van der Waals surface area contributed by atoms with Gasteiger partial charge < -0.3 is 5.32 Å². The van der Waals surface area contributed by atoms with Crippen LogP contribution in [0.15, 0.2) is 12.4 Å². The van der Waals surface area contributed by atoms with Crippen molar-refractivity contribution < 1.29 is 0 Å². The highest BCUT2D eigenvalue weighted by Gasteiger charge is 2.17. The van der Waals surface area contributed by atoms with Crippen molar-refractivity contribution in [2.45, 2.75) is 38.6 Å². The smallest absolute Gasteiger partial charge is 0.0803 e. The number of nitrogens with one attached hydrogen (secondary N) is 1. The summed E-state index contributed by atoms with van der Waals surface area (Å²) in [5.41, 5.74) is 2.43. The van der Waals surface area contributed by atoms with Crippen LogP contribution in [0.1, 0.15) is 41.9 Å². The van der Waals surface area contributed by atoms with Crippen LogP contribution in [-0.2, 0) is 19.9 Å². The zero-order chi connectivity index (χ0) is 13.7. The third kappa shape index (κ3) is 3.61. The number of nitrogens with zero attached hydrogens (tertiary/aromatic N) is 4. The molecule has 104 valence electrons. The van der Waals surface area contributed by atoms with E-state index < -0.39 is 0 Å². The maximum Gasteiger partial charge on any atom is 0.0803 e. The largest absolute Gasteiger partial charge is 0.312 e. The third-order valence-corrected chi connectivity index (χ3v) is 4.10. The minimum atomic E-state index is 0.335. The predicted molar refractivity (Wildman–Crippen MR) is 77.2 cm³/mol. The van der Waals surface area contributed by atoms with Gasteiger partial charge in [-0.15, -0.1) is 5.10 Å². The molecule has 0 aromatic carbocycles. The van der Waals surface area contributed by atoms with Gasteiger partial charge in [-0.2, -0.15) is 5.10 Å². The molecule has 0 aliphatic heterocycles. The number of rotatable bonds is 7. The first-order valence-electron chi connectivity index (χ1n) is 6.70. The standard InChI is InChI=1S/C13H21N5S/c1-4-5-12-13(19-17-16-12)11(14-2)7-6-10-8-15-18(3)9-10/h8-9,11,14H,4-7H2,1-3H3. The summed E-state index contributed by atoms with van der Waals surface area (Å²) in [6.07, 6.45) is 8.19. The van der Waals surface area contributed by atoms with Crippen LogP contribution in [0.25, 0.3) is 0 Å². The highest BCUT2D eigenvalue weighted by atomic mass is 32.1. The molecule has 19 heavy (non-hydrogen) atoms. The van der Waals surface area contributed by atoms with E-state index in [-0.39, 0.29) is 0 Å². The van der Waals surface area contributed by atoms with Gasteiger partial charge in [0.05, 0.1) is 16.8 Å². The van der Waals surface area contributed by atoms with Crippen LogP contribution in [0.4, 0.5) is 0 Å². The van der Waals surface area contributed by atoms with E-state index in [2.05, 4.69) is 33.1 Å². The highest BCUT2D eigenvalue weighted by Crippen LogP contribution is 2.25. The van der Waals surface area contributed by atoms with Crippen molar-refractivity contribution in [1.29, 1.82) is 0 Å². The molecule has 0 saturated heterocycles. The molecule has 0 radical (unpaired) electrons. The van der Waals surface area contributed by atoms with E-state index in [9.17, 15) is 0 Å². The molecular formula is C13H21N5S. The molecule has 2 aromatic rings. The van der Waals surface area contributed by atoms with Gasteiger partial charge in [0.1, 0.15) is 0 Å². The van der Waals surface area contributed by atoms with E-state index in [4.69, 9.17) is 0 Å². The topological polar surface area (TPSA) is 55.6 Å². The first-order valence-corrected chi connectivity index (χ1v) is 7.47. The van der Waals surface area contributed by atoms with Gasteiger partial charge in [-0.25, -0.2) is 0 Å². The van der Waals surface area contributed by atoms with Crippen molar-refractivity contribution in [1.82, 2.24) is 24.7 Å². The molecule has 0 amide bonds. The first-order chi connectivity index (χ1) is 9.24. The van der Waals surface area contributed by atoms with E-state index in [0.717, 1.165) is 31.4 Å². The van der Waals surface area contributed by atoms with E-state index in [1.54, 1.807) is 0 Å². The van der Waals surface area contributed by atoms with E-state index >= 15 is 0 Å². The summed E-state index contributed by atoms with van der Waals surface area (Å²) in [4.78, 5) is 1.29. The first kappa shape index (κ1) is 14.1. The molecule has 1 unspecified atom stereocenters. The Hall–Kier alpha value is -1.27. The SMILES string of the molecule is CCCc1nnsc1C(CCc1cnn(C)c1)NC. The molecule has 5 nitrogen and oxygen atoms in total.